The Morgan fingerprint density at radius 2 is 2.15 bits per heavy atom. The van der Waals surface area contributed by atoms with Crippen LogP contribution < -0.4 is 5.32 Å². The van der Waals surface area contributed by atoms with Crippen LogP contribution >= 0.6 is 0 Å². The third-order valence-corrected chi connectivity index (χ3v) is 6.25. The van der Waals surface area contributed by atoms with Gasteiger partial charge in [-0.2, -0.15) is 0 Å². The van der Waals surface area contributed by atoms with Crippen LogP contribution in [-0.4, -0.2) is 49.8 Å². The van der Waals surface area contributed by atoms with Crippen molar-refractivity contribution in [2.75, 3.05) is 20.7 Å². The van der Waals surface area contributed by atoms with E-state index in [0.29, 0.717) is 6.54 Å². The number of ether oxygens (including phenoxy) is 2. The fourth-order valence-electron chi connectivity index (χ4n) is 4.34. The zero-order valence-electron chi connectivity index (χ0n) is 16.4. The topological polar surface area (TPSA) is 67.9 Å². The molecule has 0 unspecified atom stereocenters. The van der Waals surface area contributed by atoms with E-state index < -0.39 is 6.09 Å². The summed E-state index contributed by atoms with van der Waals surface area (Å²) in [5.41, 5.74) is 3.79. The highest BCUT2D eigenvalue weighted by Crippen LogP contribution is 2.54. The van der Waals surface area contributed by atoms with Crippen molar-refractivity contribution in [1.82, 2.24) is 10.2 Å². The molecule has 1 aliphatic heterocycles. The maximum absolute atomic E-state index is 12.4. The lowest BCUT2D eigenvalue weighted by Crippen LogP contribution is -2.50. The maximum Gasteiger partial charge on any atom is 0.407 e. The molecule has 4 atom stereocenters. The second-order valence-electron chi connectivity index (χ2n) is 7.60. The van der Waals surface area contributed by atoms with E-state index in [1.165, 1.54) is 0 Å². The Hall–Kier alpha value is -2.08. The Labute approximate surface area is 154 Å². The van der Waals surface area contributed by atoms with E-state index in [1.807, 2.05) is 27.0 Å². The van der Waals surface area contributed by atoms with Gasteiger partial charge >= 0.3 is 6.09 Å². The largest absolute Gasteiger partial charge is 0.443 e. The fourth-order valence-corrected chi connectivity index (χ4v) is 4.34. The van der Waals surface area contributed by atoms with Gasteiger partial charge in [0, 0.05) is 43.3 Å². The van der Waals surface area contributed by atoms with Gasteiger partial charge in [0.25, 0.3) is 5.91 Å². The number of likely N-dealkylation sites (N-methyl/N-ethyl adjacent to an activating group) is 1. The highest BCUT2D eigenvalue weighted by Gasteiger charge is 2.51. The Bertz CT molecular complexity index is 736. The van der Waals surface area contributed by atoms with Crippen LogP contribution in [0, 0.1) is 11.3 Å². The molecule has 2 amide bonds. The number of rotatable bonds is 3. The summed E-state index contributed by atoms with van der Waals surface area (Å²) in [7, 11) is 3.44. The molecule has 26 heavy (non-hydrogen) atoms. The summed E-state index contributed by atoms with van der Waals surface area (Å²) in [5, 5.41) is 2.69. The molecular formula is C20H28N2O4. The van der Waals surface area contributed by atoms with Crippen LogP contribution in [0.5, 0.6) is 0 Å². The predicted octanol–water partition coefficient (Wildman–Crippen LogP) is 2.77. The van der Waals surface area contributed by atoms with E-state index in [9.17, 15) is 9.59 Å². The molecule has 0 saturated carbocycles. The molecule has 2 aliphatic carbocycles. The lowest BCUT2D eigenvalue weighted by Gasteiger charge is -2.48. The van der Waals surface area contributed by atoms with Crippen molar-refractivity contribution in [3.63, 3.8) is 0 Å². The summed E-state index contributed by atoms with van der Waals surface area (Å²) in [6.07, 6.45) is 3.76. The molecule has 0 bridgehead atoms. The number of carbonyl (C=O) groups is 2. The quantitative estimate of drug-likeness (QED) is 0.840. The lowest BCUT2D eigenvalue weighted by atomic mass is 9.59. The molecule has 3 aliphatic rings. The molecule has 1 N–H and O–H groups in total. The second kappa shape index (κ2) is 6.58. The number of alkyl carbamates (subject to hydrolysis) is 1. The second-order valence-corrected chi connectivity index (χ2v) is 7.60. The van der Waals surface area contributed by atoms with Gasteiger partial charge in [0.15, 0.2) is 0 Å². The molecule has 0 aromatic heterocycles. The van der Waals surface area contributed by atoms with Crippen LogP contribution in [0.3, 0.4) is 0 Å². The standard InChI is InChI=1S/C20H28N2O4/c1-7-21-19(24)26-17-12(3)20(4)10-14-11(2)18(23)22(5)15(14)8-13(20)9-16(17)25-6/h8-9,12,16-17H,7,10H2,1-6H3,(H,21,24)/t12-,16+,17+,20+/m0/s1. The van der Waals surface area contributed by atoms with Crippen LogP contribution in [0.2, 0.25) is 0 Å². The van der Waals surface area contributed by atoms with Crippen molar-refractivity contribution in [3.8, 4) is 0 Å². The first-order valence-electron chi connectivity index (χ1n) is 9.14. The van der Waals surface area contributed by atoms with Crippen LogP contribution in [0.4, 0.5) is 4.79 Å². The predicted molar refractivity (Wildman–Crippen MR) is 98.3 cm³/mol. The van der Waals surface area contributed by atoms with Crippen molar-refractivity contribution >= 4 is 12.0 Å². The van der Waals surface area contributed by atoms with Gasteiger partial charge in [0.1, 0.15) is 12.2 Å². The molecule has 0 spiro atoms. The lowest BCUT2D eigenvalue weighted by molar-refractivity contribution is -0.123. The number of methoxy groups -OCH3 is 1. The molecular weight excluding hydrogens is 332 g/mol. The summed E-state index contributed by atoms with van der Waals surface area (Å²) in [6, 6.07) is 0. The molecule has 6 heteroatoms. The van der Waals surface area contributed by atoms with E-state index in [-0.39, 0.29) is 29.4 Å². The van der Waals surface area contributed by atoms with Gasteiger partial charge in [-0.15, -0.1) is 0 Å². The van der Waals surface area contributed by atoms with E-state index in [1.54, 1.807) is 12.0 Å². The molecule has 6 nitrogen and oxygen atoms in total. The van der Waals surface area contributed by atoms with Gasteiger partial charge in [0.2, 0.25) is 0 Å². The Morgan fingerprint density at radius 3 is 2.77 bits per heavy atom. The first-order chi connectivity index (χ1) is 12.2. The minimum Gasteiger partial charge on any atom is -0.443 e. The van der Waals surface area contributed by atoms with Crippen molar-refractivity contribution < 1.29 is 19.1 Å². The van der Waals surface area contributed by atoms with Gasteiger partial charge in [-0.3, -0.25) is 4.79 Å². The number of fused-ring (bicyclic) bond motifs is 2. The van der Waals surface area contributed by atoms with Crippen LogP contribution in [0.1, 0.15) is 34.1 Å². The van der Waals surface area contributed by atoms with E-state index in [0.717, 1.165) is 28.8 Å². The smallest absolute Gasteiger partial charge is 0.407 e. The zero-order chi connectivity index (χ0) is 19.2. The molecule has 0 fully saturated rings. The third-order valence-electron chi connectivity index (χ3n) is 6.25. The average Bonchev–Trinajstić information content (AvgIpc) is 2.80. The third kappa shape index (κ3) is 2.67. The number of hydrogen-bond acceptors (Lipinski definition) is 4. The van der Waals surface area contributed by atoms with Gasteiger partial charge in [-0.1, -0.05) is 13.8 Å². The average molecular weight is 360 g/mol. The first-order valence-corrected chi connectivity index (χ1v) is 9.14. The van der Waals surface area contributed by atoms with Gasteiger partial charge < -0.3 is 19.7 Å². The Balaban J connectivity index is 2.02. The van der Waals surface area contributed by atoms with Gasteiger partial charge in [-0.25, -0.2) is 4.79 Å². The number of amides is 2. The number of allylic oxidation sites excluding steroid dienone is 3. The Kier molecular flexibility index (Phi) is 4.73. The van der Waals surface area contributed by atoms with E-state index in [2.05, 4.69) is 25.2 Å². The van der Waals surface area contributed by atoms with Crippen LogP contribution in [0.25, 0.3) is 0 Å². The highest BCUT2D eigenvalue weighted by atomic mass is 16.6. The minimum atomic E-state index is -0.426. The van der Waals surface area contributed by atoms with Crippen molar-refractivity contribution in [1.29, 1.82) is 0 Å². The number of carbonyl (C=O) groups excluding carboxylic acids is 2. The zero-order valence-corrected chi connectivity index (χ0v) is 16.4. The molecule has 0 aromatic rings. The number of nitrogens with zero attached hydrogens (tertiary/aromatic N) is 1. The molecule has 3 rings (SSSR count). The molecule has 142 valence electrons. The normalized spacial score (nSPS) is 33.4. The minimum absolute atomic E-state index is 0.0363. The molecule has 0 radical (unpaired) electrons. The summed E-state index contributed by atoms with van der Waals surface area (Å²) < 4.78 is 11.3. The van der Waals surface area contributed by atoms with Crippen molar-refractivity contribution in [2.45, 2.75) is 46.3 Å². The SMILES string of the molecule is CCNC(=O)O[C@H]1[C@H](OC)C=C2C=C3C(=C(C)C(=O)N3C)C[C@]2(C)[C@H]1C. The monoisotopic (exact) mass is 360 g/mol. The highest BCUT2D eigenvalue weighted by molar-refractivity contribution is 6.00. The number of nitrogens with one attached hydrogen (secondary N) is 1. The van der Waals surface area contributed by atoms with E-state index in [4.69, 9.17) is 9.47 Å². The first kappa shape index (κ1) is 18.7. The van der Waals surface area contributed by atoms with Gasteiger partial charge in [0.05, 0.1) is 0 Å². The number of hydrogen-bond donors (Lipinski definition) is 1. The molecule has 0 aromatic carbocycles. The van der Waals surface area contributed by atoms with Crippen molar-refractivity contribution in [2.24, 2.45) is 11.3 Å². The van der Waals surface area contributed by atoms with Crippen LogP contribution in [-0.2, 0) is 14.3 Å². The van der Waals surface area contributed by atoms with Crippen LogP contribution in [0.15, 0.2) is 34.6 Å². The summed E-state index contributed by atoms with van der Waals surface area (Å²) in [4.78, 5) is 26.1. The van der Waals surface area contributed by atoms with Gasteiger partial charge in [-0.05, 0) is 43.6 Å². The molecule has 1 heterocycles. The fraction of sp³-hybridized carbons (Fsp3) is 0.600. The summed E-state index contributed by atoms with van der Waals surface area (Å²) in [5.74, 6) is 0.0920. The van der Waals surface area contributed by atoms with E-state index >= 15 is 0 Å². The maximum atomic E-state index is 12.4. The Morgan fingerprint density at radius 1 is 1.46 bits per heavy atom. The molecule has 0 saturated heterocycles. The summed E-state index contributed by atoms with van der Waals surface area (Å²) in [6.45, 7) is 8.54. The van der Waals surface area contributed by atoms with Crippen molar-refractivity contribution in [3.05, 3.63) is 34.6 Å². The summed E-state index contributed by atoms with van der Waals surface area (Å²) >= 11 is 0.